The molecule has 5 aliphatic rings. The molecule has 1 unspecified atom stereocenters. The molecule has 1 atom stereocenters. The highest BCUT2D eigenvalue weighted by Crippen LogP contribution is 2.60. The number of hydrogen-bond donors (Lipinski definition) is 1. The van der Waals surface area contributed by atoms with E-state index in [0.717, 1.165) is 62.1 Å². The molecule has 0 aromatic carbocycles. The molecule has 28 heavy (non-hydrogen) atoms. The average Bonchev–Trinajstić information content (AvgIpc) is 3.29. The van der Waals surface area contributed by atoms with Crippen LogP contribution in [0.25, 0.3) is 0 Å². The van der Waals surface area contributed by atoms with Gasteiger partial charge in [-0.1, -0.05) is 13.8 Å². The van der Waals surface area contributed by atoms with E-state index in [2.05, 4.69) is 24.1 Å². The van der Waals surface area contributed by atoms with Crippen LogP contribution in [0.4, 0.5) is 5.13 Å². The van der Waals surface area contributed by atoms with Crippen molar-refractivity contribution < 1.29 is 9.59 Å². The van der Waals surface area contributed by atoms with Crippen molar-refractivity contribution in [3.05, 3.63) is 11.1 Å². The van der Waals surface area contributed by atoms with Crippen molar-refractivity contribution >= 4 is 28.3 Å². The topological polar surface area (TPSA) is 62.3 Å². The molecule has 4 bridgehead atoms. The van der Waals surface area contributed by atoms with Gasteiger partial charge in [-0.15, -0.1) is 11.3 Å². The van der Waals surface area contributed by atoms with Crippen LogP contribution in [-0.2, 0) is 9.59 Å². The molecule has 4 saturated carbocycles. The minimum Gasteiger partial charge on any atom is -0.330 e. The van der Waals surface area contributed by atoms with E-state index in [1.807, 2.05) is 10.3 Å². The van der Waals surface area contributed by atoms with Crippen LogP contribution in [0.1, 0.15) is 76.8 Å². The lowest BCUT2D eigenvalue weighted by atomic mass is 9.49. The number of anilines is 1. The maximum absolute atomic E-state index is 13.7. The van der Waals surface area contributed by atoms with Crippen molar-refractivity contribution in [2.24, 2.45) is 23.2 Å². The van der Waals surface area contributed by atoms with Crippen molar-refractivity contribution in [3.8, 4) is 0 Å². The first-order valence-corrected chi connectivity index (χ1v) is 11.9. The number of amides is 2. The highest BCUT2D eigenvalue weighted by Gasteiger charge is 2.56. The van der Waals surface area contributed by atoms with E-state index in [4.69, 9.17) is 0 Å². The first-order valence-electron chi connectivity index (χ1n) is 11.0. The molecule has 1 N–H and O–H groups in total. The van der Waals surface area contributed by atoms with Crippen LogP contribution in [-0.4, -0.2) is 34.3 Å². The third-order valence-electron chi connectivity index (χ3n) is 7.65. The third-order valence-corrected chi connectivity index (χ3v) is 8.43. The van der Waals surface area contributed by atoms with E-state index in [9.17, 15) is 9.59 Å². The Morgan fingerprint density at radius 3 is 2.39 bits per heavy atom. The van der Waals surface area contributed by atoms with Gasteiger partial charge in [-0.2, -0.15) is 0 Å². The molecule has 4 aliphatic carbocycles. The molecule has 1 aromatic rings. The zero-order valence-electron chi connectivity index (χ0n) is 16.9. The van der Waals surface area contributed by atoms with Crippen molar-refractivity contribution in [2.75, 3.05) is 11.9 Å². The second-order valence-electron chi connectivity index (χ2n) is 10.1. The Hall–Kier alpha value is -1.43. The molecule has 152 valence electrons. The molecule has 1 saturated heterocycles. The van der Waals surface area contributed by atoms with Crippen LogP contribution in [0.15, 0.2) is 5.38 Å². The summed E-state index contributed by atoms with van der Waals surface area (Å²) in [4.78, 5) is 33.1. The monoisotopic (exact) mass is 401 g/mol. The van der Waals surface area contributed by atoms with Gasteiger partial charge in [-0.05, 0) is 75.0 Å². The summed E-state index contributed by atoms with van der Waals surface area (Å²) in [6, 6.07) is -0.327. The molecule has 6 heteroatoms. The maximum Gasteiger partial charge on any atom is 0.248 e. The normalized spacial score (nSPS) is 36.3. The van der Waals surface area contributed by atoms with Gasteiger partial charge in [0.2, 0.25) is 11.8 Å². The number of rotatable bonds is 4. The Morgan fingerprint density at radius 2 is 1.82 bits per heavy atom. The largest absolute Gasteiger partial charge is 0.330 e. The Labute approximate surface area is 171 Å². The summed E-state index contributed by atoms with van der Waals surface area (Å²) >= 11 is 1.48. The first kappa shape index (κ1) is 18.6. The molecule has 5 nitrogen and oxygen atoms in total. The first-order chi connectivity index (χ1) is 13.4. The van der Waals surface area contributed by atoms with Gasteiger partial charge in [-0.3, -0.25) is 9.59 Å². The van der Waals surface area contributed by atoms with Crippen molar-refractivity contribution in [1.82, 2.24) is 9.88 Å². The summed E-state index contributed by atoms with van der Waals surface area (Å²) in [6.45, 7) is 4.93. The summed E-state index contributed by atoms with van der Waals surface area (Å²) in [5.41, 5.74) is 0.845. The molecule has 1 aliphatic heterocycles. The lowest BCUT2D eigenvalue weighted by Crippen LogP contribution is -2.56. The van der Waals surface area contributed by atoms with E-state index in [1.165, 1.54) is 30.6 Å². The molecule has 1 aromatic heterocycles. The van der Waals surface area contributed by atoms with E-state index >= 15 is 0 Å². The number of hydrogen-bond acceptors (Lipinski definition) is 4. The molecular weight excluding hydrogens is 370 g/mol. The zero-order chi connectivity index (χ0) is 19.5. The van der Waals surface area contributed by atoms with Crippen molar-refractivity contribution in [3.63, 3.8) is 0 Å². The second kappa shape index (κ2) is 6.82. The summed E-state index contributed by atoms with van der Waals surface area (Å²) in [6.07, 6.45) is 8.88. The molecule has 0 spiro atoms. The van der Waals surface area contributed by atoms with Crippen LogP contribution >= 0.6 is 11.3 Å². The quantitative estimate of drug-likeness (QED) is 0.813. The van der Waals surface area contributed by atoms with Gasteiger partial charge in [0.25, 0.3) is 0 Å². The maximum atomic E-state index is 13.7. The smallest absolute Gasteiger partial charge is 0.248 e. The van der Waals surface area contributed by atoms with E-state index in [1.54, 1.807) is 0 Å². The highest BCUT2D eigenvalue weighted by molar-refractivity contribution is 7.13. The fourth-order valence-electron chi connectivity index (χ4n) is 6.76. The fourth-order valence-corrected chi connectivity index (χ4v) is 7.63. The summed E-state index contributed by atoms with van der Waals surface area (Å²) in [7, 11) is 0. The summed E-state index contributed by atoms with van der Waals surface area (Å²) in [5.74, 6) is 2.81. The standard InChI is InChI=1S/C22H31N3O2S/c1-13(2)17-12-28-21(23-17)24-19(26)18-4-3-5-25(18)20(27)22-9-14-6-15(10-22)8-16(7-14)11-22/h12-16,18H,3-11H2,1-2H3,(H,23,24,26). The van der Waals surface area contributed by atoms with Gasteiger partial charge < -0.3 is 10.2 Å². The average molecular weight is 402 g/mol. The molecule has 2 amide bonds. The molecule has 2 heterocycles. The molecule has 6 rings (SSSR count). The molecule has 5 fully saturated rings. The third kappa shape index (κ3) is 3.08. The Bertz CT molecular complexity index is 751. The minimum atomic E-state index is -0.327. The molecule has 0 radical (unpaired) electrons. The van der Waals surface area contributed by atoms with E-state index < -0.39 is 0 Å². The van der Waals surface area contributed by atoms with Crippen LogP contribution in [0.5, 0.6) is 0 Å². The predicted octanol–water partition coefficient (Wildman–Crippen LogP) is 4.41. The Kier molecular flexibility index (Phi) is 4.53. The number of nitrogens with one attached hydrogen (secondary N) is 1. The Balaban J connectivity index is 1.31. The van der Waals surface area contributed by atoms with E-state index in [0.29, 0.717) is 11.0 Å². The number of likely N-dealkylation sites (tertiary alicyclic amines) is 1. The van der Waals surface area contributed by atoms with Gasteiger partial charge >= 0.3 is 0 Å². The van der Waals surface area contributed by atoms with E-state index in [-0.39, 0.29) is 23.3 Å². The van der Waals surface area contributed by atoms with Gasteiger partial charge in [0, 0.05) is 11.9 Å². The summed E-state index contributed by atoms with van der Waals surface area (Å²) < 4.78 is 0. The highest BCUT2D eigenvalue weighted by atomic mass is 32.1. The number of thiazole rings is 1. The lowest BCUT2D eigenvalue weighted by Gasteiger charge is -2.56. The Morgan fingerprint density at radius 1 is 1.18 bits per heavy atom. The van der Waals surface area contributed by atoms with Crippen LogP contribution in [0, 0.1) is 23.2 Å². The number of nitrogens with zero attached hydrogens (tertiary/aromatic N) is 2. The van der Waals surface area contributed by atoms with Crippen molar-refractivity contribution in [1.29, 1.82) is 0 Å². The zero-order valence-corrected chi connectivity index (χ0v) is 17.8. The second-order valence-corrected chi connectivity index (χ2v) is 10.9. The van der Waals surface area contributed by atoms with Gasteiger partial charge in [-0.25, -0.2) is 4.98 Å². The predicted molar refractivity (Wildman–Crippen MR) is 110 cm³/mol. The number of aromatic nitrogens is 1. The van der Waals surface area contributed by atoms with Crippen LogP contribution < -0.4 is 5.32 Å². The minimum absolute atomic E-state index is 0.0553. The SMILES string of the molecule is CC(C)c1csc(NC(=O)C2CCCN2C(=O)C23CC4CC(CC(C4)C2)C3)n1. The lowest BCUT2D eigenvalue weighted by molar-refractivity contribution is -0.160. The van der Waals surface area contributed by atoms with Gasteiger partial charge in [0.05, 0.1) is 11.1 Å². The van der Waals surface area contributed by atoms with Gasteiger partial charge in [0.15, 0.2) is 5.13 Å². The summed E-state index contributed by atoms with van der Waals surface area (Å²) in [5, 5.41) is 5.65. The van der Waals surface area contributed by atoms with Crippen molar-refractivity contribution in [2.45, 2.75) is 77.2 Å². The van der Waals surface area contributed by atoms with Crippen LogP contribution in [0.2, 0.25) is 0 Å². The van der Waals surface area contributed by atoms with Gasteiger partial charge in [0.1, 0.15) is 6.04 Å². The number of carbonyl (C=O) groups excluding carboxylic acids is 2. The fraction of sp³-hybridized carbons (Fsp3) is 0.773. The van der Waals surface area contributed by atoms with Crippen LogP contribution in [0.3, 0.4) is 0 Å². The molecular formula is C22H31N3O2S. The number of carbonyl (C=O) groups is 2.